The molecule has 0 bridgehead atoms. The zero-order valence-electron chi connectivity index (χ0n) is 12.9. The molecule has 0 radical (unpaired) electrons. The maximum absolute atomic E-state index is 12.8. The number of nitrogens with one attached hydrogen (secondary N) is 1. The molecule has 0 saturated carbocycles. The van der Waals surface area contributed by atoms with Gasteiger partial charge < -0.3 is 9.73 Å². The molecule has 1 N–H and O–H groups in total. The van der Waals surface area contributed by atoms with E-state index in [2.05, 4.69) is 29.2 Å². The second kappa shape index (κ2) is 4.32. The van der Waals surface area contributed by atoms with Gasteiger partial charge in [0.2, 0.25) is 5.95 Å². The van der Waals surface area contributed by atoms with Crippen LogP contribution in [-0.2, 0) is 4.79 Å². The molecule has 114 valence electrons. The lowest BCUT2D eigenvalue weighted by Crippen LogP contribution is -2.36. The number of carbonyl (C=O) groups is 1. The highest BCUT2D eigenvalue weighted by molar-refractivity contribution is 5.99. The molecule has 2 aromatic rings. The van der Waals surface area contributed by atoms with Crippen molar-refractivity contribution >= 4 is 11.7 Å². The lowest BCUT2D eigenvalue weighted by molar-refractivity contribution is -0.118. The molecule has 0 amide bonds. The molecule has 2 aromatic heterocycles. The summed E-state index contributed by atoms with van der Waals surface area (Å²) >= 11 is 0. The minimum atomic E-state index is -0.328. The van der Waals surface area contributed by atoms with E-state index in [0.29, 0.717) is 12.4 Å². The second-order valence-electron chi connectivity index (χ2n) is 6.84. The molecule has 4 rings (SSSR count). The summed E-state index contributed by atoms with van der Waals surface area (Å²) in [6.45, 7) is 6.12. The van der Waals surface area contributed by atoms with Crippen molar-refractivity contribution in [2.24, 2.45) is 5.41 Å². The van der Waals surface area contributed by atoms with Gasteiger partial charge >= 0.3 is 0 Å². The first-order valence-electron chi connectivity index (χ1n) is 7.44. The molecule has 3 heterocycles. The van der Waals surface area contributed by atoms with Crippen LogP contribution in [0.15, 0.2) is 34.1 Å². The number of hydrogen-bond acceptors (Lipinski definition) is 5. The van der Waals surface area contributed by atoms with Crippen molar-refractivity contribution in [3.8, 4) is 0 Å². The molecular formula is C16H18N4O2. The summed E-state index contributed by atoms with van der Waals surface area (Å²) in [5.41, 5.74) is 1.65. The fourth-order valence-electron chi connectivity index (χ4n) is 3.41. The number of nitrogens with zero attached hydrogens (tertiary/aromatic N) is 3. The van der Waals surface area contributed by atoms with Gasteiger partial charge in [-0.05, 0) is 30.9 Å². The number of aryl methyl sites for hydroxylation is 1. The van der Waals surface area contributed by atoms with E-state index >= 15 is 0 Å². The number of rotatable bonds is 1. The van der Waals surface area contributed by atoms with Crippen LogP contribution < -0.4 is 5.32 Å². The highest BCUT2D eigenvalue weighted by atomic mass is 16.3. The van der Waals surface area contributed by atoms with Gasteiger partial charge in [-0.15, -0.1) is 0 Å². The molecule has 1 atom stereocenters. The van der Waals surface area contributed by atoms with E-state index < -0.39 is 0 Å². The van der Waals surface area contributed by atoms with Crippen LogP contribution in [0, 0.1) is 12.3 Å². The van der Waals surface area contributed by atoms with Gasteiger partial charge in [-0.2, -0.15) is 10.1 Å². The summed E-state index contributed by atoms with van der Waals surface area (Å²) in [6, 6.07) is 3.49. The van der Waals surface area contributed by atoms with E-state index in [1.807, 2.05) is 19.1 Å². The number of furan rings is 1. The summed E-state index contributed by atoms with van der Waals surface area (Å²) in [5, 5.41) is 7.56. The first kappa shape index (κ1) is 13.3. The molecule has 0 saturated heterocycles. The van der Waals surface area contributed by atoms with Crippen molar-refractivity contribution < 1.29 is 9.21 Å². The maximum atomic E-state index is 12.8. The van der Waals surface area contributed by atoms with Crippen molar-refractivity contribution in [3.63, 3.8) is 0 Å². The largest absolute Gasteiger partial charge is 0.464 e. The van der Waals surface area contributed by atoms with Crippen molar-refractivity contribution in [1.29, 1.82) is 0 Å². The average Bonchev–Trinajstić information content (AvgIpc) is 3.03. The summed E-state index contributed by atoms with van der Waals surface area (Å²) in [7, 11) is 0. The van der Waals surface area contributed by atoms with Gasteiger partial charge in [-0.3, -0.25) is 4.79 Å². The van der Waals surface area contributed by atoms with Gasteiger partial charge in [-0.25, -0.2) is 4.68 Å². The number of hydrogen-bond donors (Lipinski definition) is 1. The monoisotopic (exact) mass is 298 g/mol. The summed E-state index contributed by atoms with van der Waals surface area (Å²) in [4.78, 5) is 17.0. The van der Waals surface area contributed by atoms with Gasteiger partial charge in [0.25, 0.3) is 0 Å². The molecular weight excluding hydrogens is 280 g/mol. The third-order valence-corrected chi connectivity index (χ3v) is 4.30. The Morgan fingerprint density at radius 1 is 1.36 bits per heavy atom. The van der Waals surface area contributed by atoms with Crippen LogP contribution in [0.5, 0.6) is 0 Å². The standard InChI is InChI=1S/C16H18N4O2/c1-9-4-5-12(22-9)14-13-10(6-16(2,3)7-11(13)21)19-15-17-8-18-20(14)15/h4-5,8,14H,6-7H2,1-3H3,(H,17,18,19). The van der Waals surface area contributed by atoms with Crippen LogP contribution in [0.4, 0.5) is 5.95 Å². The molecule has 0 spiro atoms. The SMILES string of the molecule is Cc1ccc(C2C3=C(CC(C)(C)CC3=O)Nc3ncnn32)o1. The Morgan fingerprint density at radius 2 is 2.18 bits per heavy atom. The Hall–Kier alpha value is -2.37. The van der Waals surface area contributed by atoms with Crippen LogP contribution in [0.25, 0.3) is 0 Å². The fraction of sp³-hybridized carbons (Fsp3) is 0.438. The number of fused-ring (bicyclic) bond motifs is 1. The van der Waals surface area contributed by atoms with Gasteiger partial charge in [0.05, 0.1) is 0 Å². The highest BCUT2D eigenvalue weighted by Crippen LogP contribution is 2.45. The van der Waals surface area contributed by atoms with Crippen molar-refractivity contribution in [2.75, 3.05) is 5.32 Å². The molecule has 0 aromatic carbocycles. The maximum Gasteiger partial charge on any atom is 0.226 e. The Balaban J connectivity index is 1.90. The predicted molar refractivity (Wildman–Crippen MR) is 80.3 cm³/mol. The number of aromatic nitrogens is 3. The van der Waals surface area contributed by atoms with Gasteiger partial charge in [0, 0.05) is 17.7 Å². The van der Waals surface area contributed by atoms with Crippen LogP contribution in [-0.4, -0.2) is 20.5 Å². The topological polar surface area (TPSA) is 73.0 Å². The van der Waals surface area contributed by atoms with E-state index in [9.17, 15) is 4.79 Å². The Bertz CT molecular complexity index is 797. The summed E-state index contributed by atoms with van der Waals surface area (Å²) in [6.07, 6.45) is 2.85. The quantitative estimate of drug-likeness (QED) is 0.876. The molecule has 6 heteroatoms. The van der Waals surface area contributed by atoms with E-state index in [1.165, 1.54) is 6.33 Å². The normalized spacial score (nSPS) is 23.0. The van der Waals surface area contributed by atoms with Gasteiger partial charge in [-0.1, -0.05) is 13.8 Å². The lowest BCUT2D eigenvalue weighted by Gasteiger charge is -2.37. The Kier molecular flexibility index (Phi) is 2.61. The number of anilines is 1. The Labute approximate surface area is 128 Å². The van der Waals surface area contributed by atoms with Crippen LogP contribution in [0.1, 0.15) is 44.3 Å². The third-order valence-electron chi connectivity index (χ3n) is 4.30. The molecule has 0 fully saturated rings. The van der Waals surface area contributed by atoms with Crippen LogP contribution in [0.3, 0.4) is 0 Å². The first-order chi connectivity index (χ1) is 10.4. The van der Waals surface area contributed by atoms with Crippen molar-refractivity contribution in [2.45, 2.75) is 39.7 Å². The zero-order chi connectivity index (χ0) is 15.5. The van der Waals surface area contributed by atoms with E-state index in [-0.39, 0.29) is 17.2 Å². The molecule has 6 nitrogen and oxygen atoms in total. The van der Waals surface area contributed by atoms with E-state index in [0.717, 1.165) is 29.2 Å². The number of ketones is 1. The summed E-state index contributed by atoms with van der Waals surface area (Å²) in [5.74, 6) is 2.36. The predicted octanol–water partition coefficient (Wildman–Crippen LogP) is 2.84. The molecule has 1 aliphatic heterocycles. The molecule has 2 aliphatic rings. The second-order valence-corrected chi connectivity index (χ2v) is 6.84. The Morgan fingerprint density at radius 3 is 2.91 bits per heavy atom. The van der Waals surface area contributed by atoms with Crippen LogP contribution >= 0.6 is 0 Å². The minimum Gasteiger partial charge on any atom is -0.464 e. The molecule has 1 aliphatic carbocycles. The smallest absolute Gasteiger partial charge is 0.226 e. The van der Waals surface area contributed by atoms with E-state index in [1.54, 1.807) is 4.68 Å². The number of Topliss-reactive ketones (excluding diaryl/α,β-unsaturated/α-hetero) is 1. The van der Waals surface area contributed by atoms with Crippen LogP contribution in [0.2, 0.25) is 0 Å². The van der Waals surface area contributed by atoms with Gasteiger partial charge in [0.15, 0.2) is 5.78 Å². The van der Waals surface area contributed by atoms with Crippen molar-refractivity contribution in [3.05, 3.63) is 41.3 Å². The summed E-state index contributed by atoms with van der Waals surface area (Å²) < 4.78 is 7.53. The lowest BCUT2D eigenvalue weighted by atomic mass is 9.73. The highest BCUT2D eigenvalue weighted by Gasteiger charge is 2.42. The third kappa shape index (κ3) is 1.90. The van der Waals surface area contributed by atoms with Crippen molar-refractivity contribution in [1.82, 2.24) is 14.8 Å². The number of carbonyl (C=O) groups excluding carboxylic acids is 1. The average molecular weight is 298 g/mol. The first-order valence-corrected chi connectivity index (χ1v) is 7.44. The molecule has 22 heavy (non-hydrogen) atoms. The zero-order valence-corrected chi connectivity index (χ0v) is 12.9. The fourth-order valence-corrected chi connectivity index (χ4v) is 3.41. The number of allylic oxidation sites excluding steroid dienone is 2. The minimum absolute atomic E-state index is 0.0469. The van der Waals surface area contributed by atoms with Gasteiger partial charge in [0.1, 0.15) is 23.9 Å². The van der Waals surface area contributed by atoms with E-state index in [4.69, 9.17) is 4.42 Å². The molecule has 1 unspecified atom stereocenters.